The normalized spacial score (nSPS) is 11.3. The maximum atomic E-state index is 12.4. The lowest BCUT2D eigenvalue weighted by Gasteiger charge is -2.12. The first-order valence-electron chi connectivity index (χ1n) is 10.7. The predicted molar refractivity (Wildman–Crippen MR) is 134 cm³/mol. The summed E-state index contributed by atoms with van der Waals surface area (Å²) < 4.78 is 17.8. The number of carbonyl (C=O) groups excluding carboxylic acids is 1. The SMILES string of the molecule is COc1cc(/C=C\C(=O)NCCn2ncc3c(NC(C)C)nc(SC)nc32)cc(OC)c1OC. The van der Waals surface area contributed by atoms with Gasteiger partial charge in [-0.15, -0.1) is 0 Å². The molecule has 1 amide bonds. The molecule has 0 atom stereocenters. The van der Waals surface area contributed by atoms with Crippen LogP contribution in [-0.4, -0.2) is 65.8 Å². The van der Waals surface area contributed by atoms with Gasteiger partial charge in [0, 0.05) is 18.7 Å². The number of methoxy groups -OCH3 is 3. The molecule has 0 spiro atoms. The Balaban J connectivity index is 1.67. The Hall–Kier alpha value is -3.47. The van der Waals surface area contributed by atoms with E-state index in [4.69, 9.17) is 14.2 Å². The number of nitrogens with zero attached hydrogens (tertiary/aromatic N) is 4. The second-order valence-electron chi connectivity index (χ2n) is 7.55. The maximum absolute atomic E-state index is 12.4. The van der Waals surface area contributed by atoms with Crippen molar-refractivity contribution in [1.82, 2.24) is 25.1 Å². The van der Waals surface area contributed by atoms with Crippen molar-refractivity contribution in [3.05, 3.63) is 30.0 Å². The first-order chi connectivity index (χ1) is 16.4. The van der Waals surface area contributed by atoms with Crippen molar-refractivity contribution < 1.29 is 19.0 Å². The van der Waals surface area contributed by atoms with Crippen molar-refractivity contribution in [2.24, 2.45) is 0 Å². The molecular weight excluding hydrogens is 456 g/mol. The number of benzene rings is 1. The average Bonchev–Trinajstić information content (AvgIpc) is 3.24. The first kappa shape index (κ1) is 25.2. The summed E-state index contributed by atoms with van der Waals surface area (Å²) in [6, 6.07) is 3.77. The van der Waals surface area contributed by atoms with Crippen molar-refractivity contribution in [2.45, 2.75) is 31.6 Å². The molecule has 0 aliphatic heterocycles. The zero-order valence-corrected chi connectivity index (χ0v) is 21.0. The smallest absolute Gasteiger partial charge is 0.244 e. The molecule has 2 heterocycles. The molecule has 182 valence electrons. The van der Waals surface area contributed by atoms with Gasteiger partial charge in [0.25, 0.3) is 0 Å². The number of anilines is 1. The van der Waals surface area contributed by atoms with Gasteiger partial charge in [0.15, 0.2) is 22.3 Å². The van der Waals surface area contributed by atoms with Crippen LogP contribution in [0.1, 0.15) is 19.4 Å². The van der Waals surface area contributed by atoms with E-state index in [0.717, 1.165) is 22.4 Å². The van der Waals surface area contributed by atoms with Crippen LogP contribution in [0.25, 0.3) is 17.1 Å². The fourth-order valence-electron chi connectivity index (χ4n) is 3.29. The third kappa shape index (κ3) is 5.90. The van der Waals surface area contributed by atoms with Crippen molar-refractivity contribution in [3.63, 3.8) is 0 Å². The van der Waals surface area contributed by atoms with E-state index in [9.17, 15) is 4.79 Å². The van der Waals surface area contributed by atoms with E-state index >= 15 is 0 Å². The zero-order valence-electron chi connectivity index (χ0n) is 20.2. The Morgan fingerprint density at radius 2 is 1.85 bits per heavy atom. The van der Waals surface area contributed by atoms with Gasteiger partial charge in [-0.05, 0) is 43.9 Å². The van der Waals surface area contributed by atoms with Gasteiger partial charge in [-0.3, -0.25) is 4.79 Å². The monoisotopic (exact) mass is 486 g/mol. The van der Waals surface area contributed by atoms with Crippen LogP contribution in [0.2, 0.25) is 0 Å². The molecule has 3 aromatic rings. The topological polar surface area (TPSA) is 112 Å². The van der Waals surface area contributed by atoms with E-state index in [-0.39, 0.29) is 11.9 Å². The summed E-state index contributed by atoms with van der Waals surface area (Å²) in [5.74, 6) is 2.06. The van der Waals surface area contributed by atoms with Crippen molar-refractivity contribution >= 4 is 40.6 Å². The Labute approximate surface area is 203 Å². The molecule has 34 heavy (non-hydrogen) atoms. The van der Waals surface area contributed by atoms with Crippen molar-refractivity contribution in [2.75, 3.05) is 39.4 Å². The van der Waals surface area contributed by atoms with Crippen molar-refractivity contribution in [1.29, 1.82) is 0 Å². The van der Waals surface area contributed by atoms with E-state index in [0.29, 0.717) is 35.5 Å². The highest BCUT2D eigenvalue weighted by atomic mass is 32.2. The van der Waals surface area contributed by atoms with Crippen LogP contribution in [-0.2, 0) is 11.3 Å². The second kappa shape index (κ2) is 11.6. The average molecular weight is 487 g/mol. The molecule has 1 aromatic carbocycles. The van der Waals surface area contributed by atoms with E-state index in [2.05, 4.69) is 39.5 Å². The van der Waals surface area contributed by atoms with Gasteiger partial charge in [0.05, 0.1) is 39.5 Å². The zero-order chi connectivity index (χ0) is 24.7. The van der Waals surface area contributed by atoms with Gasteiger partial charge in [-0.1, -0.05) is 11.8 Å². The quantitative estimate of drug-likeness (QED) is 0.240. The van der Waals surface area contributed by atoms with Gasteiger partial charge in [0.1, 0.15) is 5.82 Å². The van der Waals surface area contributed by atoms with E-state index in [1.165, 1.54) is 17.8 Å². The standard InChI is InChI=1S/C23H30N6O4S/c1-14(2)26-21-16-13-25-29(22(16)28-23(27-21)34-6)10-9-24-19(30)8-7-15-11-17(31-3)20(33-5)18(12-15)32-4/h7-8,11-14H,9-10H2,1-6H3,(H,24,30)(H,26,27,28)/b8-7-. The second-order valence-corrected chi connectivity index (χ2v) is 8.32. The fourth-order valence-corrected chi connectivity index (χ4v) is 3.65. The number of hydrogen-bond donors (Lipinski definition) is 2. The lowest BCUT2D eigenvalue weighted by molar-refractivity contribution is -0.116. The number of hydrogen-bond acceptors (Lipinski definition) is 9. The summed E-state index contributed by atoms with van der Waals surface area (Å²) in [7, 11) is 4.64. The predicted octanol–water partition coefficient (Wildman–Crippen LogP) is 3.22. The number of ether oxygens (including phenoxy) is 3. The molecular formula is C23H30N6O4S. The number of nitrogens with one attached hydrogen (secondary N) is 2. The molecule has 2 aromatic heterocycles. The molecule has 11 heteroatoms. The van der Waals surface area contributed by atoms with Crippen LogP contribution in [0.3, 0.4) is 0 Å². The highest BCUT2D eigenvalue weighted by molar-refractivity contribution is 7.98. The molecule has 0 unspecified atom stereocenters. The number of aromatic nitrogens is 4. The summed E-state index contributed by atoms with van der Waals surface area (Å²) in [5, 5.41) is 12.2. The molecule has 0 fully saturated rings. The molecule has 2 N–H and O–H groups in total. The highest BCUT2D eigenvalue weighted by Gasteiger charge is 2.14. The molecule has 0 aliphatic rings. The minimum atomic E-state index is -0.230. The maximum Gasteiger partial charge on any atom is 0.244 e. The van der Waals surface area contributed by atoms with Gasteiger partial charge in [0.2, 0.25) is 11.7 Å². The molecule has 0 bridgehead atoms. The third-order valence-corrected chi connectivity index (χ3v) is 5.37. The lowest BCUT2D eigenvalue weighted by Crippen LogP contribution is -2.25. The Morgan fingerprint density at radius 1 is 1.15 bits per heavy atom. The van der Waals surface area contributed by atoms with E-state index < -0.39 is 0 Å². The van der Waals surface area contributed by atoms with Gasteiger partial charge in [-0.2, -0.15) is 5.10 Å². The first-order valence-corrected chi connectivity index (χ1v) is 11.9. The van der Waals surface area contributed by atoms with Crippen LogP contribution in [0, 0.1) is 0 Å². The Kier molecular flexibility index (Phi) is 8.58. The minimum absolute atomic E-state index is 0.230. The summed E-state index contributed by atoms with van der Waals surface area (Å²) >= 11 is 1.47. The molecule has 0 aliphatic carbocycles. The van der Waals surface area contributed by atoms with E-state index in [1.807, 2.05) is 6.26 Å². The van der Waals surface area contributed by atoms with Crippen molar-refractivity contribution in [3.8, 4) is 17.2 Å². The van der Waals surface area contributed by atoms with Crippen LogP contribution in [0.4, 0.5) is 5.82 Å². The Morgan fingerprint density at radius 3 is 2.44 bits per heavy atom. The summed E-state index contributed by atoms with van der Waals surface area (Å²) in [6.07, 6.45) is 6.82. The van der Waals surface area contributed by atoms with Gasteiger partial charge < -0.3 is 24.8 Å². The molecule has 3 rings (SSSR count). The Bertz CT molecular complexity index is 1150. The minimum Gasteiger partial charge on any atom is -0.493 e. The van der Waals surface area contributed by atoms with Crippen LogP contribution < -0.4 is 24.8 Å². The van der Waals surface area contributed by atoms with Crippen LogP contribution in [0.5, 0.6) is 17.2 Å². The lowest BCUT2D eigenvalue weighted by atomic mass is 10.1. The van der Waals surface area contributed by atoms with Crippen LogP contribution >= 0.6 is 11.8 Å². The molecule has 0 radical (unpaired) electrons. The summed E-state index contributed by atoms with van der Waals surface area (Å²) in [6.45, 7) is 4.97. The molecule has 0 saturated carbocycles. The third-order valence-electron chi connectivity index (χ3n) is 4.82. The summed E-state index contributed by atoms with van der Waals surface area (Å²) in [4.78, 5) is 21.5. The fraction of sp³-hybridized carbons (Fsp3) is 0.391. The van der Waals surface area contributed by atoms with Gasteiger partial charge >= 0.3 is 0 Å². The van der Waals surface area contributed by atoms with Crippen LogP contribution in [0.15, 0.2) is 29.6 Å². The number of amides is 1. The molecule has 10 nitrogen and oxygen atoms in total. The highest BCUT2D eigenvalue weighted by Crippen LogP contribution is 2.38. The number of rotatable bonds is 11. The number of thioether (sulfide) groups is 1. The number of carbonyl (C=O) groups is 1. The van der Waals surface area contributed by atoms with Gasteiger partial charge in [-0.25, -0.2) is 14.6 Å². The number of fused-ring (bicyclic) bond motifs is 1. The largest absolute Gasteiger partial charge is 0.493 e. The van der Waals surface area contributed by atoms with E-state index in [1.54, 1.807) is 50.4 Å². The molecule has 0 saturated heterocycles. The summed E-state index contributed by atoms with van der Waals surface area (Å²) in [5.41, 5.74) is 1.47.